The summed E-state index contributed by atoms with van der Waals surface area (Å²) < 4.78 is 4.83. The van der Waals surface area contributed by atoms with Gasteiger partial charge < -0.3 is 10.1 Å². The molecule has 0 radical (unpaired) electrons. The van der Waals surface area contributed by atoms with Gasteiger partial charge in [-0.2, -0.15) is 5.26 Å². The molecule has 0 fully saturated rings. The second-order valence-corrected chi connectivity index (χ2v) is 1.82. The van der Waals surface area contributed by atoms with Crippen molar-refractivity contribution in [3.05, 3.63) is 0 Å². The summed E-state index contributed by atoms with van der Waals surface area (Å²) in [7, 11) is 1.63. The zero-order valence-corrected chi connectivity index (χ0v) is 5.85. The van der Waals surface area contributed by atoms with Gasteiger partial charge in [-0.05, 0) is 6.42 Å². The first-order valence-electron chi connectivity index (χ1n) is 2.98. The van der Waals surface area contributed by atoms with Crippen LogP contribution in [0.4, 0.5) is 0 Å². The minimum atomic E-state index is 0.181. The molecule has 0 aliphatic heterocycles. The van der Waals surface area contributed by atoms with Crippen LogP contribution < -0.4 is 5.32 Å². The van der Waals surface area contributed by atoms with Gasteiger partial charge in [0.25, 0.3) is 0 Å². The number of hydrogen-bond acceptors (Lipinski definition) is 3. The van der Waals surface area contributed by atoms with Crippen molar-refractivity contribution in [1.29, 1.82) is 5.26 Å². The fraction of sp³-hybridized carbons (Fsp3) is 0.833. The number of nitrogens with one attached hydrogen (secondary N) is 1. The summed E-state index contributed by atoms with van der Waals surface area (Å²) in [6.45, 7) is 2.61. The van der Waals surface area contributed by atoms with Gasteiger partial charge in [0.05, 0.1) is 12.6 Å². The Morgan fingerprint density at radius 1 is 1.78 bits per heavy atom. The highest BCUT2D eigenvalue weighted by Gasteiger charge is 2.00. The number of rotatable bonds is 4. The molecule has 0 heterocycles. The summed E-state index contributed by atoms with van der Waals surface area (Å²) in [6.07, 6.45) is 2.79. The molecule has 3 heteroatoms. The molecule has 0 aromatic heterocycles. The molecule has 9 heavy (non-hydrogen) atoms. The monoisotopic (exact) mass is 128 g/mol. The largest absolute Gasteiger partial charge is 0.383 e. The van der Waals surface area contributed by atoms with Gasteiger partial charge in [-0.1, -0.05) is 6.92 Å². The van der Waals surface area contributed by atoms with Crippen LogP contribution in [0.15, 0.2) is 0 Å². The van der Waals surface area contributed by atoms with Gasteiger partial charge in [-0.3, -0.25) is 0 Å². The van der Waals surface area contributed by atoms with E-state index in [-0.39, 0.29) is 6.04 Å². The van der Waals surface area contributed by atoms with Crippen LogP contribution in [0.2, 0.25) is 0 Å². The fourth-order valence-corrected chi connectivity index (χ4v) is 0.554. The predicted octanol–water partition coefficient (Wildman–Crippen LogP) is 0.482. The Morgan fingerprint density at radius 3 is 2.78 bits per heavy atom. The number of nitriles is 1. The van der Waals surface area contributed by atoms with Crippen LogP contribution >= 0.6 is 0 Å². The van der Waals surface area contributed by atoms with E-state index in [9.17, 15) is 0 Å². The van der Waals surface area contributed by atoms with E-state index < -0.39 is 0 Å². The zero-order valence-electron chi connectivity index (χ0n) is 5.85. The van der Waals surface area contributed by atoms with E-state index >= 15 is 0 Å². The Balaban J connectivity index is 3.32. The molecule has 0 rings (SSSR count). The summed E-state index contributed by atoms with van der Waals surface area (Å²) in [5.74, 6) is 0. The molecule has 1 unspecified atom stereocenters. The van der Waals surface area contributed by atoms with Crippen LogP contribution in [0.3, 0.4) is 0 Å². The van der Waals surface area contributed by atoms with Gasteiger partial charge in [0.15, 0.2) is 6.19 Å². The first-order chi connectivity index (χ1) is 4.35. The van der Waals surface area contributed by atoms with Crippen molar-refractivity contribution in [3.8, 4) is 6.19 Å². The van der Waals surface area contributed by atoms with E-state index in [2.05, 4.69) is 5.32 Å². The van der Waals surface area contributed by atoms with Crippen molar-refractivity contribution in [1.82, 2.24) is 5.32 Å². The van der Waals surface area contributed by atoms with E-state index in [4.69, 9.17) is 10.00 Å². The Morgan fingerprint density at radius 2 is 2.44 bits per heavy atom. The Bertz CT molecular complexity index is 97.7. The normalized spacial score (nSPS) is 12.1. The molecule has 1 N–H and O–H groups in total. The fourth-order valence-electron chi connectivity index (χ4n) is 0.554. The molecule has 0 aliphatic carbocycles. The average molecular weight is 128 g/mol. The lowest BCUT2D eigenvalue weighted by atomic mass is 10.2. The van der Waals surface area contributed by atoms with Gasteiger partial charge in [0, 0.05) is 7.11 Å². The van der Waals surface area contributed by atoms with Crippen molar-refractivity contribution >= 4 is 0 Å². The number of hydrogen-bond donors (Lipinski definition) is 1. The van der Waals surface area contributed by atoms with Crippen LogP contribution in [0.1, 0.15) is 13.3 Å². The molecule has 0 aromatic rings. The molecule has 0 amide bonds. The van der Waals surface area contributed by atoms with E-state index in [1.165, 1.54) is 0 Å². The summed E-state index contributed by atoms with van der Waals surface area (Å²) in [5.41, 5.74) is 0. The Kier molecular flexibility index (Phi) is 4.94. The van der Waals surface area contributed by atoms with Crippen molar-refractivity contribution < 1.29 is 4.74 Å². The standard InChI is InChI=1S/C6H12N2O/c1-3-6(4-9-2)8-5-7/h6,8H,3-4H2,1-2H3. The average Bonchev–Trinajstić information content (AvgIpc) is 1.88. The third kappa shape index (κ3) is 3.80. The van der Waals surface area contributed by atoms with Crippen LogP contribution in [-0.2, 0) is 4.74 Å². The van der Waals surface area contributed by atoms with E-state index in [0.717, 1.165) is 6.42 Å². The van der Waals surface area contributed by atoms with E-state index in [1.807, 2.05) is 13.1 Å². The lowest BCUT2D eigenvalue weighted by Gasteiger charge is -2.09. The lowest BCUT2D eigenvalue weighted by Crippen LogP contribution is -2.28. The van der Waals surface area contributed by atoms with Gasteiger partial charge in [0.2, 0.25) is 0 Å². The summed E-state index contributed by atoms with van der Waals surface area (Å²) in [5, 5.41) is 10.8. The molecule has 0 saturated carbocycles. The van der Waals surface area contributed by atoms with Gasteiger partial charge in [-0.25, -0.2) is 0 Å². The molecule has 3 nitrogen and oxygen atoms in total. The smallest absolute Gasteiger partial charge is 0.176 e. The third-order valence-corrected chi connectivity index (χ3v) is 1.13. The quantitative estimate of drug-likeness (QED) is 0.442. The molecule has 0 bridgehead atoms. The second kappa shape index (κ2) is 5.39. The first kappa shape index (κ1) is 8.25. The minimum Gasteiger partial charge on any atom is -0.383 e. The maximum atomic E-state index is 8.18. The molecule has 1 atom stereocenters. The number of methoxy groups -OCH3 is 1. The highest BCUT2D eigenvalue weighted by Crippen LogP contribution is 1.88. The lowest BCUT2D eigenvalue weighted by molar-refractivity contribution is 0.171. The van der Waals surface area contributed by atoms with Gasteiger partial charge in [0.1, 0.15) is 0 Å². The molecule has 0 aromatic carbocycles. The Labute approximate surface area is 55.6 Å². The molecular formula is C6H12N2O. The van der Waals surface area contributed by atoms with Crippen LogP contribution in [0, 0.1) is 11.5 Å². The highest BCUT2D eigenvalue weighted by molar-refractivity contribution is 4.74. The first-order valence-corrected chi connectivity index (χ1v) is 2.98. The van der Waals surface area contributed by atoms with Crippen molar-refractivity contribution in [3.63, 3.8) is 0 Å². The highest BCUT2D eigenvalue weighted by atomic mass is 16.5. The van der Waals surface area contributed by atoms with Crippen molar-refractivity contribution in [2.45, 2.75) is 19.4 Å². The summed E-state index contributed by atoms with van der Waals surface area (Å²) >= 11 is 0. The maximum absolute atomic E-state index is 8.18. The SMILES string of the molecule is CCC(COC)NC#N. The van der Waals surface area contributed by atoms with Crippen molar-refractivity contribution in [2.75, 3.05) is 13.7 Å². The Hall–Kier alpha value is -0.750. The second-order valence-electron chi connectivity index (χ2n) is 1.82. The van der Waals surface area contributed by atoms with Crippen LogP contribution in [0.5, 0.6) is 0 Å². The van der Waals surface area contributed by atoms with E-state index in [1.54, 1.807) is 7.11 Å². The zero-order chi connectivity index (χ0) is 7.11. The predicted molar refractivity (Wildman–Crippen MR) is 34.7 cm³/mol. The molecule has 0 saturated heterocycles. The molecular weight excluding hydrogens is 116 g/mol. The van der Waals surface area contributed by atoms with Crippen molar-refractivity contribution in [2.24, 2.45) is 0 Å². The maximum Gasteiger partial charge on any atom is 0.176 e. The van der Waals surface area contributed by atoms with Crippen LogP contribution in [0.25, 0.3) is 0 Å². The molecule has 52 valence electrons. The number of ether oxygens (including phenoxy) is 1. The third-order valence-electron chi connectivity index (χ3n) is 1.13. The van der Waals surface area contributed by atoms with Crippen LogP contribution in [-0.4, -0.2) is 19.8 Å². The van der Waals surface area contributed by atoms with Gasteiger partial charge in [-0.15, -0.1) is 0 Å². The van der Waals surface area contributed by atoms with E-state index in [0.29, 0.717) is 6.61 Å². The van der Waals surface area contributed by atoms with Gasteiger partial charge >= 0.3 is 0 Å². The minimum absolute atomic E-state index is 0.181. The summed E-state index contributed by atoms with van der Waals surface area (Å²) in [4.78, 5) is 0. The topological polar surface area (TPSA) is 45.0 Å². The molecule has 0 spiro atoms. The summed E-state index contributed by atoms with van der Waals surface area (Å²) in [6, 6.07) is 0.181. The molecule has 0 aliphatic rings. The number of nitrogens with zero attached hydrogens (tertiary/aromatic N) is 1.